The number of nitro benzene ring substituents is 1. The molecule has 0 saturated carbocycles. The van der Waals surface area contributed by atoms with Crippen LogP contribution in [0.5, 0.6) is 5.75 Å². The number of hydrogen-bond acceptors (Lipinski definition) is 8. The number of nitrogens with zero attached hydrogens (tertiary/aromatic N) is 2. The van der Waals surface area contributed by atoms with Crippen LogP contribution in [0.4, 0.5) is 18.9 Å². The third-order valence-corrected chi connectivity index (χ3v) is 6.87. The molecule has 32 heavy (non-hydrogen) atoms. The molecule has 168 valence electrons. The Morgan fingerprint density at radius 1 is 1.16 bits per heavy atom. The monoisotopic (exact) mass is 488 g/mol. The molecule has 3 aromatic rings. The Balaban J connectivity index is 1.87. The van der Waals surface area contributed by atoms with Gasteiger partial charge in [0.2, 0.25) is 0 Å². The van der Waals surface area contributed by atoms with E-state index in [0.29, 0.717) is 23.0 Å². The van der Waals surface area contributed by atoms with Crippen molar-refractivity contribution < 1.29 is 40.3 Å². The number of hydrogen-bond donors (Lipinski definition) is 0. The molecule has 0 aliphatic carbocycles. The van der Waals surface area contributed by atoms with E-state index >= 15 is 0 Å². The molecule has 0 spiro atoms. The molecule has 14 heteroatoms. The maximum Gasteiger partial charge on any atom is 0.501 e. The van der Waals surface area contributed by atoms with Crippen LogP contribution in [0.15, 0.2) is 64.5 Å². The van der Waals surface area contributed by atoms with Crippen LogP contribution in [-0.2, 0) is 25.4 Å². The molecule has 0 fully saturated rings. The standard InChI is InChI=1S/C18H11F3N2O7S2/c19-18(20,21)32(28,29)12-6-7-15(13(9-12)23(25)26)31(27)10-16(24)30-14-5-1-3-11-4-2-8-22-17(11)14/h1-9H,10H2. The van der Waals surface area contributed by atoms with Crippen LogP contribution in [-0.4, -0.2) is 39.8 Å². The van der Waals surface area contributed by atoms with Gasteiger partial charge in [-0.05, 0) is 24.3 Å². The Bertz CT molecular complexity index is 1350. The van der Waals surface area contributed by atoms with E-state index in [1.807, 2.05) is 0 Å². The molecule has 1 heterocycles. The number of rotatable bonds is 6. The Morgan fingerprint density at radius 2 is 1.84 bits per heavy atom. The second-order valence-electron chi connectivity index (χ2n) is 6.13. The summed E-state index contributed by atoms with van der Waals surface area (Å²) in [4.78, 5) is 24.3. The Hall–Kier alpha value is -3.39. The molecule has 3 rings (SSSR count). The number of fused-ring (bicyclic) bond motifs is 1. The summed E-state index contributed by atoms with van der Waals surface area (Å²) >= 11 is 0. The summed E-state index contributed by atoms with van der Waals surface area (Å²) in [6.45, 7) is 0. The number of aromatic nitrogens is 1. The van der Waals surface area contributed by atoms with Crippen LogP contribution >= 0.6 is 0 Å². The van der Waals surface area contributed by atoms with Crippen LogP contribution in [0.25, 0.3) is 10.9 Å². The number of alkyl halides is 3. The molecule has 0 aliphatic rings. The van der Waals surface area contributed by atoms with E-state index < -0.39 is 58.3 Å². The molecule has 0 N–H and O–H groups in total. The molecule has 0 amide bonds. The number of carbonyl (C=O) groups is 1. The smallest absolute Gasteiger partial charge is 0.423 e. The topological polar surface area (TPSA) is 134 Å². The third kappa shape index (κ3) is 4.60. The van der Waals surface area contributed by atoms with E-state index in [1.165, 1.54) is 12.3 Å². The van der Waals surface area contributed by atoms with E-state index in [4.69, 9.17) is 4.74 Å². The summed E-state index contributed by atoms with van der Waals surface area (Å²) in [5.41, 5.74) is -6.49. The third-order valence-electron chi connectivity index (χ3n) is 4.06. The van der Waals surface area contributed by atoms with E-state index in [2.05, 4.69) is 4.98 Å². The van der Waals surface area contributed by atoms with Gasteiger partial charge in [0.05, 0.1) is 20.6 Å². The molecule has 0 bridgehead atoms. The number of sulfone groups is 1. The SMILES string of the molecule is O=C(CS(=O)c1ccc(S(=O)(=O)C(F)(F)F)cc1[N+](=O)[O-])Oc1cccc2cccnc12. The first-order valence-electron chi connectivity index (χ1n) is 8.44. The summed E-state index contributed by atoms with van der Waals surface area (Å²) in [6, 6.07) is 9.25. The molecule has 1 atom stereocenters. The van der Waals surface area contributed by atoms with Gasteiger partial charge in [0.1, 0.15) is 16.2 Å². The van der Waals surface area contributed by atoms with Crippen LogP contribution in [0, 0.1) is 10.1 Å². The molecule has 2 aromatic carbocycles. The highest BCUT2D eigenvalue weighted by molar-refractivity contribution is 7.92. The minimum absolute atomic E-state index is 0.0474. The van der Waals surface area contributed by atoms with Crippen molar-refractivity contribution in [3.63, 3.8) is 0 Å². The van der Waals surface area contributed by atoms with Crippen LogP contribution in [0.3, 0.4) is 0 Å². The number of benzene rings is 2. The minimum Gasteiger partial charge on any atom is -0.423 e. The van der Waals surface area contributed by atoms with Gasteiger partial charge in [-0.25, -0.2) is 8.42 Å². The predicted molar refractivity (Wildman–Crippen MR) is 105 cm³/mol. The zero-order valence-electron chi connectivity index (χ0n) is 15.6. The van der Waals surface area contributed by atoms with Gasteiger partial charge < -0.3 is 4.74 Å². The van der Waals surface area contributed by atoms with Crippen molar-refractivity contribution in [3.05, 3.63) is 64.8 Å². The lowest BCUT2D eigenvalue weighted by Gasteiger charge is -2.10. The van der Waals surface area contributed by atoms with Crippen molar-refractivity contribution in [2.24, 2.45) is 0 Å². The zero-order chi connectivity index (χ0) is 23.7. The van der Waals surface area contributed by atoms with E-state index in [9.17, 15) is 40.7 Å². The summed E-state index contributed by atoms with van der Waals surface area (Å²) in [5.74, 6) is -1.89. The molecular formula is C18H11F3N2O7S2. The van der Waals surface area contributed by atoms with Gasteiger partial charge in [0.15, 0.2) is 5.75 Å². The zero-order valence-corrected chi connectivity index (χ0v) is 17.2. The highest BCUT2D eigenvalue weighted by Crippen LogP contribution is 2.34. The van der Waals surface area contributed by atoms with Crippen LogP contribution in [0.1, 0.15) is 0 Å². The van der Waals surface area contributed by atoms with Crippen molar-refractivity contribution >= 4 is 43.2 Å². The first-order chi connectivity index (χ1) is 14.9. The number of esters is 1. The van der Waals surface area contributed by atoms with Gasteiger partial charge in [-0.1, -0.05) is 18.2 Å². The maximum absolute atomic E-state index is 12.7. The number of nitro groups is 1. The lowest BCUT2D eigenvalue weighted by atomic mass is 10.2. The van der Waals surface area contributed by atoms with Crippen molar-refractivity contribution in [1.29, 1.82) is 0 Å². The first kappa shape index (κ1) is 23.3. The molecule has 1 aromatic heterocycles. The number of carbonyl (C=O) groups excluding carboxylic acids is 1. The summed E-state index contributed by atoms with van der Waals surface area (Å²) in [7, 11) is -8.28. The Labute approximate surface area is 180 Å². The van der Waals surface area contributed by atoms with Gasteiger partial charge in [-0.15, -0.1) is 0 Å². The molecule has 9 nitrogen and oxygen atoms in total. The summed E-state index contributed by atoms with van der Waals surface area (Å²) < 4.78 is 78.8. The van der Waals surface area contributed by atoms with Gasteiger partial charge in [0.25, 0.3) is 15.5 Å². The average molecular weight is 488 g/mol. The second-order valence-corrected chi connectivity index (χ2v) is 9.49. The summed E-state index contributed by atoms with van der Waals surface area (Å²) in [6.07, 6.45) is 1.46. The highest BCUT2D eigenvalue weighted by Gasteiger charge is 2.47. The fourth-order valence-electron chi connectivity index (χ4n) is 2.63. The number of para-hydroxylation sites is 1. The van der Waals surface area contributed by atoms with E-state index in [0.717, 1.165) is 0 Å². The Morgan fingerprint density at radius 3 is 2.50 bits per heavy atom. The molecule has 0 radical (unpaired) electrons. The highest BCUT2D eigenvalue weighted by atomic mass is 32.2. The maximum atomic E-state index is 12.7. The molecule has 0 aliphatic heterocycles. The van der Waals surface area contributed by atoms with Crippen molar-refractivity contribution in [2.45, 2.75) is 15.3 Å². The lowest BCUT2D eigenvalue weighted by molar-refractivity contribution is -0.388. The van der Waals surface area contributed by atoms with E-state index in [-0.39, 0.29) is 11.8 Å². The van der Waals surface area contributed by atoms with Gasteiger partial charge in [0, 0.05) is 17.6 Å². The largest absolute Gasteiger partial charge is 0.501 e. The van der Waals surface area contributed by atoms with Crippen LogP contribution in [0.2, 0.25) is 0 Å². The summed E-state index contributed by atoms with van der Waals surface area (Å²) in [5, 5.41) is 11.9. The lowest BCUT2D eigenvalue weighted by Crippen LogP contribution is -2.23. The normalized spacial score (nSPS) is 13.0. The van der Waals surface area contributed by atoms with E-state index in [1.54, 1.807) is 24.3 Å². The molecular weight excluding hydrogens is 477 g/mol. The van der Waals surface area contributed by atoms with Gasteiger partial charge in [-0.2, -0.15) is 13.2 Å². The van der Waals surface area contributed by atoms with Gasteiger partial charge in [-0.3, -0.25) is 24.1 Å². The average Bonchev–Trinajstić information content (AvgIpc) is 2.72. The van der Waals surface area contributed by atoms with Crippen molar-refractivity contribution in [3.8, 4) is 5.75 Å². The minimum atomic E-state index is -5.86. The van der Waals surface area contributed by atoms with Crippen molar-refractivity contribution in [2.75, 3.05) is 5.75 Å². The predicted octanol–water partition coefficient (Wildman–Crippen LogP) is 3.15. The van der Waals surface area contributed by atoms with Crippen LogP contribution < -0.4 is 4.74 Å². The second kappa shape index (κ2) is 8.63. The quantitative estimate of drug-likeness (QED) is 0.224. The molecule has 0 saturated heterocycles. The van der Waals surface area contributed by atoms with Gasteiger partial charge >= 0.3 is 11.5 Å². The fraction of sp³-hybridized carbons (Fsp3) is 0.111. The Kier molecular flexibility index (Phi) is 6.27. The number of halogens is 3. The number of pyridine rings is 1. The first-order valence-corrected chi connectivity index (χ1v) is 11.2. The fourth-order valence-corrected chi connectivity index (χ4v) is 4.42. The molecule has 1 unspecified atom stereocenters. The van der Waals surface area contributed by atoms with Crippen molar-refractivity contribution in [1.82, 2.24) is 4.98 Å². The number of ether oxygens (including phenoxy) is 1.